The van der Waals surface area contributed by atoms with Crippen LogP contribution in [0.4, 0.5) is 10.5 Å². The topological polar surface area (TPSA) is 136 Å². The lowest BCUT2D eigenvalue weighted by molar-refractivity contribution is -0.160. The normalized spacial score (nSPS) is 37.1. The number of aliphatic hydroxyl groups is 1. The van der Waals surface area contributed by atoms with Crippen molar-refractivity contribution < 1.29 is 43.2 Å². The molecule has 2 N–H and O–H groups in total. The van der Waals surface area contributed by atoms with Gasteiger partial charge in [0.15, 0.2) is 5.72 Å². The third kappa shape index (κ3) is 7.95. The Hall–Kier alpha value is -3.12. The molecule has 4 bridgehead atoms. The number of methoxy groups -OCH3 is 2. The minimum atomic E-state index is -1.77. The Morgan fingerprint density at radius 3 is 2.55 bits per heavy atom. The summed E-state index contributed by atoms with van der Waals surface area (Å²) in [5.41, 5.74) is -0.543. The summed E-state index contributed by atoms with van der Waals surface area (Å²) in [6, 6.07) is 3.68. The summed E-state index contributed by atoms with van der Waals surface area (Å²) in [6.45, 7) is 7.80. The zero-order valence-corrected chi connectivity index (χ0v) is 30.4. The van der Waals surface area contributed by atoms with E-state index in [0.29, 0.717) is 23.8 Å². The number of amides is 2. The van der Waals surface area contributed by atoms with Crippen LogP contribution in [0, 0.1) is 17.8 Å². The Bertz CT molecular complexity index is 1470. The third-order valence-corrected chi connectivity index (χ3v) is 11.3. The van der Waals surface area contributed by atoms with Crippen LogP contribution in [-0.4, -0.2) is 80.1 Å². The highest BCUT2D eigenvalue weighted by Crippen LogP contribution is 2.49. The average molecular weight is 703 g/mol. The minimum Gasteiger partial charge on any atom is -0.495 e. The number of fused-ring (bicyclic) bond motifs is 5. The maximum Gasteiger partial charge on any atom is 0.409 e. The largest absolute Gasteiger partial charge is 0.495 e. The molecule has 1 saturated carbocycles. The van der Waals surface area contributed by atoms with Gasteiger partial charge in [-0.3, -0.25) is 14.9 Å². The molecule has 1 aromatic rings. The minimum absolute atomic E-state index is 0.0122. The molecule has 4 aliphatic rings. The number of nitrogens with zero attached hydrogens (tertiary/aromatic N) is 1. The molecule has 7 atom stereocenters. The highest BCUT2D eigenvalue weighted by atomic mass is 35.5. The fraction of sp³-hybridized carbons (Fsp3) is 0.649. The molecule has 0 radical (unpaired) electrons. The predicted molar refractivity (Wildman–Crippen MR) is 184 cm³/mol. The number of esters is 1. The first-order valence-electron chi connectivity index (χ1n) is 17.3. The van der Waals surface area contributed by atoms with E-state index < -0.39 is 47.8 Å². The maximum absolute atomic E-state index is 14.1. The summed E-state index contributed by atoms with van der Waals surface area (Å²) in [5, 5.41) is 14.5. The van der Waals surface area contributed by atoms with E-state index in [4.69, 9.17) is 35.3 Å². The van der Waals surface area contributed by atoms with E-state index >= 15 is 0 Å². The van der Waals surface area contributed by atoms with Gasteiger partial charge in [0.2, 0.25) is 5.91 Å². The van der Waals surface area contributed by atoms with Gasteiger partial charge < -0.3 is 33.7 Å². The molecule has 270 valence electrons. The van der Waals surface area contributed by atoms with Crippen molar-refractivity contribution in [1.82, 2.24) is 5.32 Å². The predicted octanol–water partition coefficient (Wildman–Crippen LogP) is 5.88. The molecular weight excluding hydrogens is 652 g/mol. The van der Waals surface area contributed by atoms with Gasteiger partial charge in [0.1, 0.15) is 34.7 Å². The summed E-state index contributed by atoms with van der Waals surface area (Å²) in [4.78, 5) is 42.0. The van der Waals surface area contributed by atoms with Crippen LogP contribution >= 0.6 is 11.6 Å². The summed E-state index contributed by atoms with van der Waals surface area (Å²) >= 11 is 6.77. The van der Waals surface area contributed by atoms with Crippen molar-refractivity contribution in [3.63, 3.8) is 0 Å². The van der Waals surface area contributed by atoms with Crippen LogP contribution in [0.1, 0.15) is 78.2 Å². The van der Waals surface area contributed by atoms with E-state index in [2.05, 4.69) is 12.2 Å². The van der Waals surface area contributed by atoms with Crippen molar-refractivity contribution >= 4 is 35.3 Å². The van der Waals surface area contributed by atoms with Crippen LogP contribution in [0.15, 0.2) is 35.9 Å². The van der Waals surface area contributed by atoms with Gasteiger partial charge >= 0.3 is 12.1 Å². The lowest BCUT2D eigenvalue weighted by Crippen LogP contribution is -2.63. The summed E-state index contributed by atoms with van der Waals surface area (Å²) in [7, 11) is 4.62. The fourth-order valence-electron chi connectivity index (χ4n) is 7.65. The quantitative estimate of drug-likeness (QED) is 0.285. The second-order valence-corrected chi connectivity index (χ2v) is 14.7. The van der Waals surface area contributed by atoms with Gasteiger partial charge in [0.25, 0.3) is 0 Å². The van der Waals surface area contributed by atoms with Gasteiger partial charge in [0.05, 0.1) is 31.2 Å². The second kappa shape index (κ2) is 15.0. The van der Waals surface area contributed by atoms with Crippen molar-refractivity contribution in [1.29, 1.82) is 0 Å². The maximum atomic E-state index is 14.1. The number of hydrogen-bond acceptors (Lipinski definition) is 9. The molecule has 0 spiro atoms. The highest BCUT2D eigenvalue weighted by Gasteiger charge is 2.64. The molecule has 1 aliphatic carbocycles. The summed E-state index contributed by atoms with van der Waals surface area (Å²) < 4.78 is 29.5. The Morgan fingerprint density at radius 1 is 1.18 bits per heavy atom. The van der Waals surface area contributed by atoms with E-state index in [0.717, 1.165) is 43.2 Å². The Morgan fingerprint density at radius 2 is 1.90 bits per heavy atom. The number of ether oxygens (including phenoxy) is 5. The van der Waals surface area contributed by atoms with Gasteiger partial charge in [0, 0.05) is 26.5 Å². The van der Waals surface area contributed by atoms with E-state index in [1.807, 2.05) is 39.0 Å². The number of rotatable bonds is 5. The van der Waals surface area contributed by atoms with Gasteiger partial charge in [-0.1, -0.05) is 55.7 Å². The standard InChI is InChI=1S/C37H51ClN2O9/c1-8-23-12-14-25(15-13-23)34(42)48-30-19-31(41)40(5)26-17-24(18-27(45-6)32(26)38)16-21(2)10-9-11-29(46-7)37(44)20-28(47-35(43)39-37)22(3)33-36(30,4)49-33/h9-11,17-18,22-23,25,28-30,33,44H,8,12-16,19-20H2,1-7H3,(H,39,43)/b11-9+,21-10+/t22-,23?,25?,28+,29-,30+,33+,36+,37+/m1/s1. The fourth-order valence-corrected chi connectivity index (χ4v) is 7.96. The Kier molecular flexibility index (Phi) is 11.4. The van der Waals surface area contributed by atoms with Crippen molar-refractivity contribution in [2.75, 3.05) is 26.2 Å². The molecular formula is C37H51ClN2O9. The molecule has 3 heterocycles. The van der Waals surface area contributed by atoms with Crippen molar-refractivity contribution in [3.8, 4) is 5.75 Å². The van der Waals surface area contributed by atoms with Crippen LogP contribution in [0.5, 0.6) is 5.75 Å². The lowest BCUT2D eigenvalue weighted by atomic mass is 9.80. The van der Waals surface area contributed by atoms with Gasteiger partial charge in [-0.05, 0) is 69.6 Å². The highest BCUT2D eigenvalue weighted by molar-refractivity contribution is 6.35. The number of epoxide rings is 1. The first kappa shape index (κ1) is 37.1. The van der Waals surface area contributed by atoms with Crippen LogP contribution in [0.25, 0.3) is 0 Å². The Balaban J connectivity index is 1.52. The summed E-state index contributed by atoms with van der Waals surface area (Å²) in [6.07, 6.45) is 6.26. The summed E-state index contributed by atoms with van der Waals surface area (Å²) in [5.74, 6) is -0.321. The molecule has 11 nitrogen and oxygen atoms in total. The van der Waals surface area contributed by atoms with Crippen LogP contribution < -0.4 is 15.0 Å². The number of anilines is 1. The molecule has 5 rings (SSSR count). The number of alkyl carbamates (subject to hydrolysis) is 1. The number of benzene rings is 1. The van der Waals surface area contributed by atoms with Crippen molar-refractivity contribution in [2.45, 2.75) is 115 Å². The van der Waals surface area contributed by atoms with Crippen LogP contribution in [0.2, 0.25) is 5.02 Å². The van der Waals surface area contributed by atoms with Gasteiger partial charge in [-0.2, -0.15) is 0 Å². The van der Waals surface area contributed by atoms with Gasteiger partial charge in [-0.25, -0.2) is 4.79 Å². The molecule has 2 amide bonds. The van der Waals surface area contributed by atoms with Crippen molar-refractivity contribution in [2.24, 2.45) is 17.8 Å². The van der Waals surface area contributed by atoms with Crippen molar-refractivity contribution in [3.05, 3.63) is 46.5 Å². The molecule has 0 unspecified atom stereocenters. The molecule has 12 heteroatoms. The number of nitrogens with one attached hydrogen (secondary N) is 1. The van der Waals surface area contributed by atoms with E-state index in [-0.39, 0.29) is 35.7 Å². The molecule has 1 aromatic carbocycles. The molecule has 3 fully saturated rings. The first-order chi connectivity index (χ1) is 23.2. The van der Waals surface area contributed by atoms with Crippen LogP contribution in [-0.2, 0) is 35.0 Å². The number of allylic oxidation sites excluding steroid dienone is 3. The average Bonchev–Trinajstić information content (AvgIpc) is 3.77. The molecule has 0 aromatic heterocycles. The lowest BCUT2D eigenvalue weighted by Gasteiger charge is -2.42. The number of halogens is 1. The SMILES string of the molecule is CCC1CCC(C(=O)O[C@H]2CC(=O)N(C)c3cc(cc(OC)c3Cl)C/C(C)=C/C=C/[C@@H](OC)[C@@]3(O)C[C@H](OC(=O)N3)[C@@H](C)[C@@H]3O[C@@]23C)CC1. The zero-order valence-electron chi connectivity index (χ0n) is 29.6. The first-order valence-corrected chi connectivity index (χ1v) is 17.7. The Labute approximate surface area is 294 Å². The monoisotopic (exact) mass is 702 g/mol. The molecule has 3 aliphatic heterocycles. The zero-order chi connectivity index (χ0) is 35.7. The number of hydrogen-bond donors (Lipinski definition) is 2. The number of carbonyl (C=O) groups excluding carboxylic acids is 3. The number of carbonyl (C=O) groups is 3. The van der Waals surface area contributed by atoms with E-state index in [9.17, 15) is 19.5 Å². The van der Waals surface area contributed by atoms with Gasteiger partial charge in [-0.15, -0.1) is 0 Å². The second-order valence-electron chi connectivity index (χ2n) is 14.3. The molecule has 2 saturated heterocycles. The third-order valence-electron chi connectivity index (χ3n) is 11.0. The van der Waals surface area contributed by atoms with E-state index in [1.165, 1.54) is 19.1 Å². The van der Waals surface area contributed by atoms with Crippen LogP contribution in [0.3, 0.4) is 0 Å². The smallest absolute Gasteiger partial charge is 0.409 e. The molecule has 49 heavy (non-hydrogen) atoms. The van der Waals surface area contributed by atoms with E-state index in [1.54, 1.807) is 19.2 Å².